The first-order chi connectivity index (χ1) is 17.6. The Balaban J connectivity index is 2.71. The molecular formula is C28H50N4O5. The summed E-state index contributed by atoms with van der Waals surface area (Å²) in [5.74, 6) is 0.0679. The second-order valence-corrected chi connectivity index (χ2v) is 10.5. The molecule has 5 N–H and O–H groups in total. The van der Waals surface area contributed by atoms with Crippen LogP contribution in [0.4, 0.5) is 0 Å². The molecule has 0 saturated carbocycles. The lowest BCUT2D eigenvalue weighted by Crippen LogP contribution is -2.44. The van der Waals surface area contributed by atoms with Crippen LogP contribution in [0.5, 0.6) is 5.88 Å². The van der Waals surface area contributed by atoms with Gasteiger partial charge in [-0.15, -0.1) is 0 Å². The Kier molecular flexibility index (Phi) is 16.0. The highest BCUT2D eigenvalue weighted by atomic mass is 16.5. The Labute approximate surface area is 223 Å². The summed E-state index contributed by atoms with van der Waals surface area (Å²) >= 11 is 0. The Morgan fingerprint density at radius 3 is 2.43 bits per heavy atom. The zero-order chi connectivity index (χ0) is 27.8. The number of nitrogens with two attached hydrogens (primary N) is 1. The van der Waals surface area contributed by atoms with Crippen molar-refractivity contribution in [2.75, 3.05) is 33.4 Å². The van der Waals surface area contributed by atoms with Gasteiger partial charge in [-0.05, 0) is 49.1 Å². The van der Waals surface area contributed by atoms with Crippen LogP contribution < -0.4 is 21.1 Å². The van der Waals surface area contributed by atoms with E-state index in [0.717, 1.165) is 12.8 Å². The average Bonchev–Trinajstić information content (AvgIpc) is 2.87. The van der Waals surface area contributed by atoms with Crippen LogP contribution in [-0.4, -0.2) is 67.5 Å². The minimum absolute atomic E-state index is 0.0286. The van der Waals surface area contributed by atoms with Gasteiger partial charge in [-0.1, -0.05) is 41.0 Å². The van der Waals surface area contributed by atoms with E-state index < -0.39 is 12.1 Å². The molecule has 1 aromatic rings. The lowest BCUT2D eigenvalue weighted by atomic mass is 9.83. The highest BCUT2D eigenvalue weighted by Crippen LogP contribution is 2.23. The summed E-state index contributed by atoms with van der Waals surface area (Å²) in [4.78, 5) is 29.8. The molecule has 0 saturated heterocycles. The van der Waals surface area contributed by atoms with Gasteiger partial charge in [0.2, 0.25) is 11.8 Å². The molecule has 4 atom stereocenters. The predicted molar refractivity (Wildman–Crippen MR) is 146 cm³/mol. The molecule has 1 aromatic heterocycles. The number of carbonyl (C=O) groups excluding carboxylic acids is 2. The van der Waals surface area contributed by atoms with Crippen LogP contribution >= 0.6 is 0 Å². The van der Waals surface area contributed by atoms with Crippen LogP contribution in [-0.2, 0) is 9.53 Å². The number of pyridine rings is 1. The maximum absolute atomic E-state index is 12.9. The van der Waals surface area contributed by atoms with Gasteiger partial charge in [0.1, 0.15) is 5.56 Å². The van der Waals surface area contributed by atoms with E-state index >= 15 is 0 Å². The number of ether oxygens (including phenoxy) is 2. The van der Waals surface area contributed by atoms with Gasteiger partial charge in [0, 0.05) is 51.4 Å². The summed E-state index contributed by atoms with van der Waals surface area (Å²) < 4.78 is 10.7. The van der Waals surface area contributed by atoms with E-state index in [0.29, 0.717) is 57.0 Å². The number of hydrogen-bond donors (Lipinski definition) is 4. The standard InChI is InChI=1S/C28H50N4O5/c1-7-8-12-30-27(35)23(20(4)5)17-25(33)24(29)16-21(19(2)3)18-32-26(34)22-11-9-13-31-28(22)37-15-10-14-36-6/h9,11,13,19-21,23-25,33H,7-8,10,12,14-18,29H2,1-6H3,(H,30,35)(H,32,34). The van der Waals surface area contributed by atoms with Crippen molar-refractivity contribution in [1.29, 1.82) is 0 Å². The van der Waals surface area contributed by atoms with Gasteiger partial charge in [0.05, 0.1) is 12.7 Å². The molecule has 0 spiro atoms. The van der Waals surface area contributed by atoms with Gasteiger partial charge < -0.3 is 30.9 Å². The molecule has 9 heteroatoms. The maximum atomic E-state index is 12.9. The van der Waals surface area contributed by atoms with Crippen LogP contribution in [0.1, 0.15) is 77.1 Å². The molecular weight excluding hydrogens is 472 g/mol. The van der Waals surface area contributed by atoms with E-state index in [2.05, 4.69) is 36.4 Å². The number of amides is 2. The third kappa shape index (κ3) is 12.2. The summed E-state index contributed by atoms with van der Waals surface area (Å²) in [6, 6.07) is 2.88. The second-order valence-electron chi connectivity index (χ2n) is 10.5. The molecule has 212 valence electrons. The molecule has 37 heavy (non-hydrogen) atoms. The molecule has 0 aromatic carbocycles. The zero-order valence-corrected chi connectivity index (χ0v) is 23.7. The first-order valence-electron chi connectivity index (χ1n) is 13.7. The maximum Gasteiger partial charge on any atom is 0.256 e. The molecule has 1 rings (SSSR count). The number of aliphatic hydroxyl groups is 1. The molecule has 0 aliphatic carbocycles. The van der Waals surface area contributed by atoms with Crippen molar-refractivity contribution in [3.63, 3.8) is 0 Å². The van der Waals surface area contributed by atoms with E-state index in [4.69, 9.17) is 15.2 Å². The van der Waals surface area contributed by atoms with Crippen LogP contribution in [0.3, 0.4) is 0 Å². The average molecular weight is 523 g/mol. The lowest BCUT2D eigenvalue weighted by Gasteiger charge is -2.30. The van der Waals surface area contributed by atoms with Crippen molar-refractivity contribution in [1.82, 2.24) is 15.6 Å². The fourth-order valence-corrected chi connectivity index (χ4v) is 4.10. The highest BCUT2D eigenvalue weighted by molar-refractivity contribution is 5.96. The SMILES string of the molecule is CCCCNC(=O)C(CC(O)C(N)CC(CNC(=O)c1cccnc1OCCCOC)C(C)C)C(C)C. The molecule has 0 fully saturated rings. The third-order valence-electron chi connectivity index (χ3n) is 6.75. The largest absolute Gasteiger partial charge is 0.477 e. The third-order valence-corrected chi connectivity index (χ3v) is 6.75. The fourth-order valence-electron chi connectivity index (χ4n) is 4.10. The Hall–Kier alpha value is -2.23. The molecule has 0 radical (unpaired) electrons. The first kappa shape index (κ1) is 32.8. The van der Waals surface area contributed by atoms with Gasteiger partial charge in [-0.25, -0.2) is 4.98 Å². The van der Waals surface area contributed by atoms with Crippen LogP contribution in [0.25, 0.3) is 0 Å². The van der Waals surface area contributed by atoms with Gasteiger partial charge in [-0.3, -0.25) is 9.59 Å². The van der Waals surface area contributed by atoms with Gasteiger partial charge in [-0.2, -0.15) is 0 Å². The summed E-state index contributed by atoms with van der Waals surface area (Å²) in [5.41, 5.74) is 6.79. The number of rotatable bonds is 19. The normalized spacial score (nSPS) is 14.8. The monoisotopic (exact) mass is 522 g/mol. The minimum atomic E-state index is -0.813. The topological polar surface area (TPSA) is 136 Å². The van der Waals surface area contributed by atoms with Crippen molar-refractivity contribution in [3.05, 3.63) is 23.9 Å². The summed E-state index contributed by atoms with van der Waals surface area (Å²) in [6.07, 6.45) is 4.25. The number of nitrogens with zero attached hydrogens (tertiary/aromatic N) is 1. The van der Waals surface area contributed by atoms with Gasteiger partial charge in [0.15, 0.2) is 0 Å². The van der Waals surface area contributed by atoms with E-state index in [1.807, 2.05) is 13.8 Å². The smallest absolute Gasteiger partial charge is 0.256 e. The molecule has 0 bridgehead atoms. The Bertz CT molecular complexity index is 790. The van der Waals surface area contributed by atoms with Gasteiger partial charge in [0.25, 0.3) is 5.91 Å². The number of hydrogen-bond acceptors (Lipinski definition) is 7. The molecule has 0 aliphatic heterocycles. The minimum Gasteiger partial charge on any atom is -0.477 e. The summed E-state index contributed by atoms with van der Waals surface area (Å²) in [6.45, 7) is 12.2. The zero-order valence-electron chi connectivity index (χ0n) is 23.7. The predicted octanol–water partition coefficient (Wildman–Crippen LogP) is 3.16. The Morgan fingerprint density at radius 2 is 1.81 bits per heavy atom. The highest BCUT2D eigenvalue weighted by Gasteiger charge is 2.29. The molecule has 4 unspecified atom stereocenters. The number of nitrogens with one attached hydrogen (secondary N) is 2. The van der Waals surface area contributed by atoms with E-state index in [1.54, 1.807) is 25.4 Å². The van der Waals surface area contributed by atoms with E-state index in [1.165, 1.54) is 0 Å². The molecule has 1 heterocycles. The van der Waals surface area contributed by atoms with Crippen LogP contribution in [0, 0.1) is 23.7 Å². The van der Waals surface area contributed by atoms with Crippen LogP contribution in [0.2, 0.25) is 0 Å². The quantitative estimate of drug-likeness (QED) is 0.205. The molecule has 2 amide bonds. The van der Waals surface area contributed by atoms with Crippen molar-refractivity contribution in [2.45, 2.75) is 78.9 Å². The summed E-state index contributed by atoms with van der Waals surface area (Å²) in [5, 5.41) is 16.8. The first-order valence-corrected chi connectivity index (χ1v) is 13.7. The Morgan fingerprint density at radius 1 is 1.08 bits per heavy atom. The lowest BCUT2D eigenvalue weighted by molar-refractivity contribution is -0.127. The number of unbranched alkanes of at least 4 members (excludes halogenated alkanes) is 1. The molecule has 9 nitrogen and oxygen atoms in total. The van der Waals surface area contributed by atoms with Crippen molar-refractivity contribution >= 4 is 11.8 Å². The van der Waals surface area contributed by atoms with E-state index in [-0.39, 0.29) is 35.5 Å². The number of aromatic nitrogens is 1. The summed E-state index contributed by atoms with van der Waals surface area (Å²) in [7, 11) is 1.63. The second kappa shape index (κ2) is 18.1. The number of aliphatic hydroxyl groups excluding tert-OH is 1. The van der Waals surface area contributed by atoms with Gasteiger partial charge >= 0.3 is 0 Å². The number of methoxy groups -OCH3 is 1. The van der Waals surface area contributed by atoms with Crippen molar-refractivity contribution < 1.29 is 24.2 Å². The van der Waals surface area contributed by atoms with Crippen molar-refractivity contribution in [3.8, 4) is 5.88 Å². The van der Waals surface area contributed by atoms with E-state index in [9.17, 15) is 14.7 Å². The fraction of sp³-hybridized carbons (Fsp3) is 0.750. The molecule has 0 aliphatic rings. The number of carbonyl (C=O) groups is 2. The van der Waals surface area contributed by atoms with Crippen molar-refractivity contribution in [2.24, 2.45) is 29.4 Å². The van der Waals surface area contributed by atoms with Crippen LogP contribution in [0.15, 0.2) is 18.3 Å².